The molecular weight excluding hydrogens is 331 g/mol. The molecule has 0 amide bonds. The Balaban J connectivity index is 1.81. The van der Waals surface area contributed by atoms with E-state index in [4.69, 9.17) is 0 Å². The fourth-order valence-electron chi connectivity index (χ4n) is 2.55. The van der Waals surface area contributed by atoms with Crippen LogP contribution in [0, 0.1) is 5.82 Å². The van der Waals surface area contributed by atoms with Crippen molar-refractivity contribution in [3.63, 3.8) is 0 Å². The molecular formula is C17H16BrFN2. The number of benzene rings is 2. The summed E-state index contributed by atoms with van der Waals surface area (Å²) in [5, 5.41) is 3.30. The number of halogens is 2. The van der Waals surface area contributed by atoms with E-state index in [1.54, 1.807) is 6.07 Å². The Morgan fingerprint density at radius 3 is 2.71 bits per heavy atom. The Morgan fingerprint density at radius 1 is 1.10 bits per heavy atom. The van der Waals surface area contributed by atoms with Gasteiger partial charge in [0.05, 0.1) is 6.54 Å². The zero-order valence-electron chi connectivity index (χ0n) is 11.6. The van der Waals surface area contributed by atoms with Gasteiger partial charge in [0, 0.05) is 16.6 Å². The number of aliphatic imine (C=N–C) groups is 1. The molecule has 2 aromatic rings. The molecule has 0 aromatic heterocycles. The van der Waals surface area contributed by atoms with Gasteiger partial charge in [0.25, 0.3) is 0 Å². The van der Waals surface area contributed by atoms with E-state index in [-0.39, 0.29) is 5.82 Å². The summed E-state index contributed by atoms with van der Waals surface area (Å²) in [4.78, 5) is 4.48. The Labute approximate surface area is 132 Å². The Morgan fingerprint density at radius 2 is 1.90 bits per heavy atom. The van der Waals surface area contributed by atoms with Gasteiger partial charge in [0.15, 0.2) is 0 Å². The van der Waals surface area contributed by atoms with E-state index in [0.29, 0.717) is 6.42 Å². The number of hydrogen-bond donors (Lipinski definition) is 1. The van der Waals surface area contributed by atoms with Crippen molar-refractivity contribution >= 4 is 21.8 Å². The first-order chi connectivity index (χ1) is 10.2. The lowest BCUT2D eigenvalue weighted by Gasteiger charge is -2.10. The van der Waals surface area contributed by atoms with Gasteiger partial charge in [-0.15, -0.1) is 0 Å². The minimum absolute atomic E-state index is 0.146. The van der Waals surface area contributed by atoms with Crippen LogP contribution in [0.15, 0.2) is 51.9 Å². The number of hydrogen-bond acceptors (Lipinski definition) is 2. The Hall–Kier alpha value is -1.68. The highest BCUT2D eigenvalue weighted by Gasteiger charge is 2.12. The van der Waals surface area contributed by atoms with Crippen molar-refractivity contribution in [3.05, 3.63) is 69.4 Å². The molecule has 0 spiro atoms. The molecule has 2 nitrogen and oxygen atoms in total. The predicted octanol–water partition coefficient (Wildman–Crippen LogP) is 3.72. The topological polar surface area (TPSA) is 24.4 Å². The number of aryl methyl sites for hydroxylation is 2. The van der Waals surface area contributed by atoms with Gasteiger partial charge in [0.1, 0.15) is 11.7 Å². The molecule has 21 heavy (non-hydrogen) atoms. The molecule has 108 valence electrons. The van der Waals surface area contributed by atoms with Crippen molar-refractivity contribution in [2.24, 2.45) is 4.99 Å². The minimum atomic E-state index is -0.146. The molecule has 1 aliphatic rings. The third kappa shape index (κ3) is 3.32. The van der Waals surface area contributed by atoms with Crippen LogP contribution in [0.4, 0.5) is 4.39 Å². The fraction of sp³-hybridized carbons (Fsp3) is 0.235. The second kappa shape index (κ2) is 6.39. The van der Waals surface area contributed by atoms with Crippen LogP contribution < -0.4 is 5.32 Å². The lowest BCUT2D eigenvalue weighted by molar-refractivity contribution is 0.608. The summed E-state index contributed by atoms with van der Waals surface area (Å²) in [5.41, 5.74) is 3.07. The molecule has 0 aliphatic carbocycles. The number of rotatable bonds is 4. The van der Waals surface area contributed by atoms with Crippen LogP contribution in [0.5, 0.6) is 0 Å². The summed E-state index contributed by atoms with van der Waals surface area (Å²) in [7, 11) is 0. The van der Waals surface area contributed by atoms with Gasteiger partial charge in [-0.2, -0.15) is 0 Å². The first-order valence-corrected chi connectivity index (χ1v) is 7.84. The third-order valence-electron chi connectivity index (χ3n) is 3.62. The van der Waals surface area contributed by atoms with Crippen molar-refractivity contribution in [2.75, 3.05) is 13.1 Å². The van der Waals surface area contributed by atoms with Crippen molar-refractivity contribution < 1.29 is 4.39 Å². The monoisotopic (exact) mass is 346 g/mol. The standard InChI is InChI=1S/C17H16BrFN2/c18-14-7-8-16(19)13(11-14)6-5-12-3-1-2-4-15(12)17-20-9-10-21-17/h1-4,7-8,11H,5-6,9-10H2,(H,20,21). The minimum Gasteiger partial charge on any atom is -0.368 e. The second-order valence-electron chi connectivity index (χ2n) is 5.05. The normalized spacial score (nSPS) is 13.9. The van der Waals surface area contributed by atoms with Crippen LogP contribution in [0.25, 0.3) is 0 Å². The van der Waals surface area contributed by atoms with Crippen molar-refractivity contribution in [3.8, 4) is 0 Å². The first kappa shape index (κ1) is 14.3. The van der Waals surface area contributed by atoms with Crippen molar-refractivity contribution in [1.29, 1.82) is 0 Å². The van der Waals surface area contributed by atoms with E-state index in [0.717, 1.165) is 40.9 Å². The second-order valence-corrected chi connectivity index (χ2v) is 5.97. The van der Waals surface area contributed by atoms with Crippen LogP contribution in [0.1, 0.15) is 16.7 Å². The Bertz CT molecular complexity index is 682. The van der Waals surface area contributed by atoms with E-state index >= 15 is 0 Å². The third-order valence-corrected chi connectivity index (χ3v) is 4.11. The summed E-state index contributed by atoms with van der Waals surface area (Å²) in [6.07, 6.45) is 1.47. The molecule has 0 saturated heterocycles. The maximum Gasteiger partial charge on any atom is 0.128 e. The zero-order valence-corrected chi connectivity index (χ0v) is 13.2. The molecule has 0 atom stereocenters. The summed E-state index contributed by atoms with van der Waals surface area (Å²) in [5.74, 6) is 0.812. The number of nitrogens with one attached hydrogen (secondary N) is 1. The van der Waals surface area contributed by atoms with Gasteiger partial charge in [-0.25, -0.2) is 4.39 Å². The highest BCUT2D eigenvalue weighted by atomic mass is 79.9. The van der Waals surface area contributed by atoms with E-state index < -0.39 is 0 Å². The van der Waals surface area contributed by atoms with Gasteiger partial charge in [-0.1, -0.05) is 40.2 Å². The summed E-state index contributed by atoms with van der Waals surface area (Å²) >= 11 is 3.40. The highest BCUT2D eigenvalue weighted by molar-refractivity contribution is 9.10. The molecule has 4 heteroatoms. The van der Waals surface area contributed by atoms with Crippen molar-refractivity contribution in [1.82, 2.24) is 5.32 Å². The smallest absolute Gasteiger partial charge is 0.128 e. The molecule has 0 radical (unpaired) electrons. The quantitative estimate of drug-likeness (QED) is 0.896. The zero-order chi connectivity index (χ0) is 14.7. The van der Waals surface area contributed by atoms with E-state index in [1.807, 2.05) is 18.2 Å². The lowest BCUT2D eigenvalue weighted by Crippen LogP contribution is -2.21. The molecule has 0 bridgehead atoms. The van der Waals surface area contributed by atoms with Crippen LogP contribution >= 0.6 is 15.9 Å². The van der Waals surface area contributed by atoms with Crippen LogP contribution in [0.3, 0.4) is 0 Å². The number of amidine groups is 1. The van der Waals surface area contributed by atoms with E-state index in [9.17, 15) is 4.39 Å². The molecule has 0 unspecified atom stereocenters. The fourth-order valence-corrected chi connectivity index (χ4v) is 2.96. The lowest BCUT2D eigenvalue weighted by atomic mass is 9.99. The average Bonchev–Trinajstić information content (AvgIpc) is 3.03. The molecule has 1 N–H and O–H groups in total. The van der Waals surface area contributed by atoms with Crippen LogP contribution in [-0.4, -0.2) is 18.9 Å². The van der Waals surface area contributed by atoms with Gasteiger partial charge in [-0.05, 0) is 42.2 Å². The van der Waals surface area contributed by atoms with E-state index in [2.05, 4.69) is 38.4 Å². The Kier molecular flexibility index (Phi) is 4.34. The summed E-state index contributed by atoms with van der Waals surface area (Å²) < 4.78 is 14.7. The maximum atomic E-state index is 13.8. The predicted molar refractivity (Wildman–Crippen MR) is 87.4 cm³/mol. The molecule has 0 saturated carbocycles. The SMILES string of the molecule is Fc1ccc(Br)cc1CCc1ccccc1C1=NCCN1. The molecule has 1 aliphatic heterocycles. The number of nitrogens with zero attached hydrogens (tertiary/aromatic N) is 1. The van der Waals surface area contributed by atoms with Gasteiger partial charge in [-0.3, -0.25) is 4.99 Å². The van der Waals surface area contributed by atoms with Gasteiger partial charge in [0.2, 0.25) is 0 Å². The highest BCUT2D eigenvalue weighted by Crippen LogP contribution is 2.19. The molecule has 1 heterocycles. The van der Waals surface area contributed by atoms with Crippen LogP contribution in [0.2, 0.25) is 0 Å². The molecule has 2 aromatic carbocycles. The van der Waals surface area contributed by atoms with Crippen molar-refractivity contribution in [2.45, 2.75) is 12.8 Å². The first-order valence-electron chi connectivity index (χ1n) is 7.04. The van der Waals surface area contributed by atoms with E-state index in [1.165, 1.54) is 11.6 Å². The average molecular weight is 347 g/mol. The molecule has 3 rings (SSSR count). The summed E-state index contributed by atoms with van der Waals surface area (Å²) in [6, 6.07) is 13.3. The maximum absolute atomic E-state index is 13.8. The van der Waals surface area contributed by atoms with Gasteiger partial charge < -0.3 is 5.32 Å². The molecule has 0 fully saturated rings. The van der Waals surface area contributed by atoms with Crippen LogP contribution in [-0.2, 0) is 12.8 Å². The largest absolute Gasteiger partial charge is 0.368 e. The summed E-state index contributed by atoms with van der Waals surface area (Å²) in [6.45, 7) is 1.72. The van der Waals surface area contributed by atoms with Gasteiger partial charge >= 0.3 is 0 Å².